The van der Waals surface area contributed by atoms with E-state index in [0.717, 1.165) is 6.26 Å². The fourth-order valence-electron chi connectivity index (χ4n) is 2.98. The lowest BCUT2D eigenvalue weighted by Gasteiger charge is -2.22. The molecule has 9 heteroatoms. The molecule has 0 unspecified atom stereocenters. The van der Waals surface area contributed by atoms with Crippen LogP contribution in [0.4, 0.5) is 11.4 Å². The highest BCUT2D eigenvalue weighted by molar-refractivity contribution is 7.92. The van der Waals surface area contributed by atoms with Crippen LogP contribution in [0.2, 0.25) is 5.02 Å². The van der Waals surface area contributed by atoms with E-state index < -0.39 is 21.9 Å². The van der Waals surface area contributed by atoms with Gasteiger partial charge in [0.15, 0.2) is 0 Å². The second kappa shape index (κ2) is 9.84. The van der Waals surface area contributed by atoms with Crippen LogP contribution in [-0.2, 0) is 21.3 Å². The molecule has 3 aromatic carbocycles. The van der Waals surface area contributed by atoms with Gasteiger partial charge in [-0.25, -0.2) is 13.2 Å². The third-order valence-electron chi connectivity index (χ3n) is 4.62. The Morgan fingerprint density at radius 1 is 0.969 bits per heavy atom. The minimum Gasteiger partial charge on any atom is -0.465 e. The van der Waals surface area contributed by atoms with Crippen molar-refractivity contribution in [2.45, 2.75) is 6.54 Å². The molecule has 0 radical (unpaired) electrons. The van der Waals surface area contributed by atoms with E-state index in [9.17, 15) is 18.0 Å². The molecule has 3 aromatic rings. The van der Waals surface area contributed by atoms with Gasteiger partial charge in [-0.15, -0.1) is 0 Å². The molecule has 0 saturated carbocycles. The first kappa shape index (κ1) is 23.3. The number of ether oxygens (including phenoxy) is 1. The summed E-state index contributed by atoms with van der Waals surface area (Å²) >= 11 is 6.13. The Bertz CT molecular complexity index is 1230. The summed E-state index contributed by atoms with van der Waals surface area (Å²) in [5.74, 6) is -0.973. The number of hydrogen-bond donors (Lipinski definition) is 1. The van der Waals surface area contributed by atoms with Crippen molar-refractivity contribution in [2.75, 3.05) is 23.0 Å². The van der Waals surface area contributed by atoms with Crippen LogP contribution in [0.5, 0.6) is 0 Å². The molecule has 1 N–H and O–H groups in total. The van der Waals surface area contributed by atoms with Crippen LogP contribution < -0.4 is 9.62 Å². The summed E-state index contributed by atoms with van der Waals surface area (Å²) in [6.45, 7) is 0.123. The van der Waals surface area contributed by atoms with Crippen molar-refractivity contribution in [3.05, 3.63) is 94.5 Å². The van der Waals surface area contributed by atoms with Crippen LogP contribution in [-0.4, -0.2) is 33.7 Å². The number of sulfonamides is 1. The molecule has 0 aromatic heterocycles. The number of benzene rings is 3. The lowest BCUT2D eigenvalue weighted by atomic mass is 10.1. The number of para-hydroxylation sites is 1. The molecule has 0 saturated heterocycles. The van der Waals surface area contributed by atoms with E-state index in [0.29, 0.717) is 16.8 Å². The highest BCUT2D eigenvalue weighted by Crippen LogP contribution is 2.25. The summed E-state index contributed by atoms with van der Waals surface area (Å²) in [5.41, 5.74) is 2.14. The summed E-state index contributed by atoms with van der Waals surface area (Å²) in [6, 6.07) is 19.8. The Labute approximate surface area is 191 Å². The van der Waals surface area contributed by atoms with Gasteiger partial charge in [0.2, 0.25) is 10.0 Å². The Hall–Kier alpha value is -3.36. The summed E-state index contributed by atoms with van der Waals surface area (Å²) in [7, 11) is -2.24. The molecular formula is C23H21ClN2O5S. The van der Waals surface area contributed by atoms with Crippen LogP contribution in [0, 0.1) is 0 Å². The number of carbonyl (C=O) groups excluding carboxylic acids is 2. The lowest BCUT2D eigenvalue weighted by molar-refractivity contribution is 0.0600. The molecule has 32 heavy (non-hydrogen) atoms. The maximum atomic E-state index is 12.6. The van der Waals surface area contributed by atoms with E-state index in [1.54, 1.807) is 48.5 Å². The number of rotatable bonds is 7. The molecule has 0 aliphatic rings. The van der Waals surface area contributed by atoms with Gasteiger partial charge in [-0.1, -0.05) is 41.9 Å². The average molecular weight is 473 g/mol. The summed E-state index contributed by atoms with van der Waals surface area (Å²) < 4.78 is 30.5. The molecule has 7 nitrogen and oxygen atoms in total. The van der Waals surface area contributed by atoms with Crippen molar-refractivity contribution < 1.29 is 22.7 Å². The standard InChI is InChI=1S/C23H21ClN2O5S/c1-31-23(28)18-12-13-20(24)21(14-18)25-22(27)17-10-8-16(9-11-17)15-26(32(2,29)30)19-6-4-3-5-7-19/h3-14H,15H2,1-2H3,(H,25,27). The van der Waals surface area contributed by atoms with Gasteiger partial charge in [-0.05, 0) is 48.0 Å². The van der Waals surface area contributed by atoms with Crippen LogP contribution in [0.25, 0.3) is 0 Å². The quantitative estimate of drug-likeness (QED) is 0.516. The predicted molar refractivity (Wildman–Crippen MR) is 125 cm³/mol. The van der Waals surface area contributed by atoms with E-state index in [1.807, 2.05) is 6.07 Å². The molecule has 0 spiro atoms. The first-order valence-electron chi connectivity index (χ1n) is 9.50. The number of methoxy groups -OCH3 is 1. The fraction of sp³-hybridized carbons (Fsp3) is 0.130. The largest absolute Gasteiger partial charge is 0.465 e. The predicted octanol–water partition coefficient (Wildman–Crippen LogP) is 4.35. The number of nitrogens with one attached hydrogen (secondary N) is 1. The normalized spacial score (nSPS) is 11.0. The Morgan fingerprint density at radius 3 is 2.19 bits per heavy atom. The smallest absolute Gasteiger partial charge is 0.337 e. The maximum Gasteiger partial charge on any atom is 0.337 e. The summed E-state index contributed by atoms with van der Waals surface area (Å²) in [4.78, 5) is 24.3. The Kier molecular flexibility index (Phi) is 7.17. The van der Waals surface area contributed by atoms with Crippen LogP contribution in [0.3, 0.4) is 0 Å². The Morgan fingerprint density at radius 2 is 1.59 bits per heavy atom. The first-order chi connectivity index (χ1) is 15.2. The zero-order valence-electron chi connectivity index (χ0n) is 17.4. The van der Waals surface area contributed by atoms with E-state index in [4.69, 9.17) is 11.6 Å². The van der Waals surface area contributed by atoms with Gasteiger partial charge < -0.3 is 10.1 Å². The van der Waals surface area contributed by atoms with Gasteiger partial charge in [0.25, 0.3) is 5.91 Å². The number of esters is 1. The molecule has 3 rings (SSSR count). The number of amides is 1. The van der Waals surface area contributed by atoms with Gasteiger partial charge in [0.1, 0.15) is 0 Å². The van der Waals surface area contributed by atoms with Crippen LogP contribution >= 0.6 is 11.6 Å². The zero-order valence-corrected chi connectivity index (χ0v) is 19.0. The second-order valence-corrected chi connectivity index (χ2v) is 9.26. The highest BCUT2D eigenvalue weighted by atomic mass is 35.5. The number of nitrogens with zero attached hydrogens (tertiary/aromatic N) is 1. The van der Waals surface area contributed by atoms with Gasteiger partial charge in [0.05, 0.1) is 41.9 Å². The Balaban J connectivity index is 1.77. The molecule has 0 bridgehead atoms. The van der Waals surface area contributed by atoms with Crippen molar-refractivity contribution in [1.82, 2.24) is 0 Å². The van der Waals surface area contributed by atoms with Crippen molar-refractivity contribution in [2.24, 2.45) is 0 Å². The molecule has 0 aliphatic heterocycles. The number of carbonyl (C=O) groups is 2. The third kappa shape index (κ3) is 5.66. The van der Waals surface area contributed by atoms with Gasteiger partial charge >= 0.3 is 5.97 Å². The molecule has 0 aliphatic carbocycles. The summed E-state index contributed by atoms with van der Waals surface area (Å²) in [6.07, 6.45) is 1.15. The van der Waals surface area contributed by atoms with Crippen molar-refractivity contribution in [3.8, 4) is 0 Å². The van der Waals surface area contributed by atoms with E-state index >= 15 is 0 Å². The van der Waals surface area contributed by atoms with Gasteiger partial charge in [0, 0.05) is 5.56 Å². The maximum absolute atomic E-state index is 12.6. The second-order valence-electron chi connectivity index (χ2n) is 6.94. The minimum atomic E-state index is -3.50. The summed E-state index contributed by atoms with van der Waals surface area (Å²) in [5, 5.41) is 2.94. The lowest BCUT2D eigenvalue weighted by Crippen LogP contribution is -2.29. The van der Waals surface area contributed by atoms with Gasteiger partial charge in [-0.2, -0.15) is 0 Å². The monoisotopic (exact) mass is 472 g/mol. The molecule has 1 amide bonds. The molecule has 166 valence electrons. The van der Waals surface area contributed by atoms with E-state index in [-0.39, 0.29) is 22.8 Å². The van der Waals surface area contributed by atoms with Crippen molar-refractivity contribution in [1.29, 1.82) is 0 Å². The average Bonchev–Trinajstić information content (AvgIpc) is 2.78. The van der Waals surface area contributed by atoms with E-state index in [2.05, 4.69) is 10.1 Å². The van der Waals surface area contributed by atoms with Gasteiger partial charge in [-0.3, -0.25) is 9.10 Å². The topological polar surface area (TPSA) is 92.8 Å². The van der Waals surface area contributed by atoms with Crippen LogP contribution in [0.15, 0.2) is 72.8 Å². The van der Waals surface area contributed by atoms with Crippen molar-refractivity contribution >= 4 is 44.9 Å². The third-order valence-corrected chi connectivity index (χ3v) is 6.09. The molecule has 0 atom stereocenters. The molecular weight excluding hydrogens is 452 g/mol. The van der Waals surface area contributed by atoms with E-state index in [1.165, 1.54) is 29.6 Å². The first-order valence-corrected chi connectivity index (χ1v) is 11.7. The number of anilines is 2. The van der Waals surface area contributed by atoms with Crippen molar-refractivity contribution in [3.63, 3.8) is 0 Å². The minimum absolute atomic E-state index is 0.123. The SMILES string of the molecule is COC(=O)c1ccc(Cl)c(NC(=O)c2ccc(CN(c3ccccc3)S(C)(=O)=O)cc2)c1. The van der Waals surface area contributed by atoms with Crippen LogP contribution in [0.1, 0.15) is 26.3 Å². The molecule has 0 heterocycles. The zero-order chi connectivity index (χ0) is 23.3. The molecule has 0 fully saturated rings. The fourth-order valence-corrected chi connectivity index (χ4v) is 4.04. The highest BCUT2D eigenvalue weighted by Gasteiger charge is 2.18. The number of hydrogen-bond acceptors (Lipinski definition) is 5. The number of halogens is 1.